The lowest BCUT2D eigenvalue weighted by Gasteiger charge is -2.10. The Kier molecular flexibility index (Phi) is 4.19. The third-order valence-corrected chi connectivity index (χ3v) is 3.89. The maximum absolute atomic E-state index is 6.16. The van der Waals surface area contributed by atoms with Gasteiger partial charge in [-0.25, -0.2) is 4.98 Å². The summed E-state index contributed by atoms with van der Waals surface area (Å²) in [5, 5.41) is 4.56. The predicted molar refractivity (Wildman–Crippen MR) is 74.2 cm³/mol. The standard InChI is InChI=1S/C12H18BrN5/c1-3-9-11(13)10(18(4-2)17-9)7-8(14)12-15-5-6-16-12/h5-6,8H,3-4,7,14H2,1-2H3,(H,15,16). The summed E-state index contributed by atoms with van der Waals surface area (Å²) >= 11 is 3.63. The van der Waals surface area contributed by atoms with Gasteiger partial charge in [-0.05, 0) is 29.3 Å². The number of aromatic amines is 1. The van der Waals surface area contributed by atoms with Crippen molar-refractivity contribution in [2.75, 3.05) is 0 Å². The molecule has 0 saturated carbocycles. The molecule has 0 aliphatic carbocycles. The number of imidazole rings is 1. The van der Waals surface area contributed by atoms with Crippen LogP contribution in [0.2, 0.25) is 0 Å². The van der Waals surface area contributed by atoms with E-state index >= 15 is 0 Å². The number of halogens is 1. The molecule has 2 aromatic rings. The van der Waals surface area contributed by atoms with Gasteiger partial charge in [0.1, 0.15) is 5.82 Å². The average Bonchev–Trinajstić information content (AvgIpc) is 2.99. The SMILES string of the molecule is CCc1nn(CC)c(CC(N)c2ncc[nH]2)c1Br. The summed E-state index contributed by atoms with van der Waals surface area (Å²) in [5.74, 6) is 0.809. The molecule has 2 rings (SSSR count). The fourth-order valence-corrected chi connectivity index (χ4v) is 2.72. The summed E-state index contributed by atoms with van der Waals surface area (Å²) < 4.78 is 3.08. The van der Waals surface area contributed by atoms with Gasteiger partial charge in [0.15, 0.2) is 0 Å². The van der Waals surface area contributed by atoms with Gasteiger partial charge in [0.05, 0.1) is 21.9 Å². The first-order valence-electron chi connectivity index (χ1n) is 6.16. The molecule has 1 atom stereocenters. The van der Waals surface area contributed by atoms with Gasteiger partial charge in [0, 0.05) is 25.4 Å². The second-order valence-electron chi connectivity index (χ2n) is 4.16. The molecule has 0 aliphatic rings. The van der Waals surface area contributed by atoms with E-state index in [1.54, 1.807) is 12.4 Å². The zero-order chi connectivity index (χ0) is 13.1. The Morgan fingerprint density at radius 1 is 1.50 bits per heavy atom. The van der Waals surface area contributed by atoms with Gasteiger partial charge in [0.2, 0.25) is 0 Å². The maximum Gasteiger partial charge on any atom is 0.123 e. The van der Waals surface area contributed by atoms with Crippen molar-refractivity contribution in [3.05, 3.63) is 34.1 Å². The Bertz CT molecular complexity index is 503. The smallest absolute Gasteiger partial charge is 0.123 e. The van der Waals surface area contributed by atoms with Crippen LogP contribution in [0.15, 0.2) is 16.9 Å². The van der Waals surface area contributed by atoms with Crippen molar-refractivity contribution in [2.24, 2.45) is 5.73 Å². The van der Waals surface area contributed by atoms with Crippen LogP contribution in [0, 0.1) is 0 Å². The quantitative estimate of drug-likeness (QED) is 0.889. The number of nitrogens with one attached hydrogen (secondary N) is 1. The number of hydrogen-bond acceptors (Lipinski definition) is 3. The normalized spacial score (nSPS) is 12.9. The highest BCUT2D eigenvalue weighted by molar-refractivity contribution is 9.10. The lowest BCUT2D eigenvalue weighted by Crippen LogP contribution is -2.17. The molecule has 0 spiro atoms. The molecule has 0 aliphatic heterocycles. The Balaban J connectivity index is 2.25. The molecule has 0 bridgehead atoms. The largest absolute Gasteiger partial charge is 0.347 e. The minimum Gasteiger partial charge on any atom is -0.347 e. The molecule has 2 aromatic heterocycles. The summed E-state index contributed by atoms with van der Waals surface area (Å²) in [5.41, 5.74) is 8.38. The number of rotatable bonds is 5. The van der Waals surface area contributed by atoms with Crippen LogP contribution in [-0.4, -0.2) is 19.7 Å². The first-order valence-corrected chi connectivity index (χ1v) is 6.95. The molecule has 5 nitrogen and oxygen atoms in total. The number of aryl methyl sites for hydroxylation is 2. The zero-order valence-electron chi connectivity index (χ0n) is 10.7. The number of aromatic nitrogens is 4. The Morgan fingerprint density at radius 2 is 2.28 bits per heavy atom. The fraction of sp³-hybridized carbons (Fsp3) is 0.500. The first kappa shape index (κ1) is 13.3. The number of H-pyrrole nitrogens is 1. The van der Waals surface area contributed by atoms with Gasteiger partial charge in [-0.15, -0.1) is 0 Å². The Labute approximate surface area is 115 Å². The van der Waals surface area contributed by atoms with E-state index in [2.05, 4.69) is 44.8 Å². The lowest BCUT2D eigenvalue weighted by atomic mass is 10.1. The van der Waals surface area contributed by atoms with E-state index in [9.17, 15) is 0 Å². The van der Waals surface area contributed by atoms with Crippen LogP contribution in [0.1, 0.15) is 37.1 Å². The molecule has 3 N–H and O–H groups in total. The molecule has 0 saturated heterocycles. The van der Waals surface area contributed by atoms with Crippen molar-refractivity contribution < 1.29 is 0 Å². The summed E-state index contributed by atoms with van der Waals surface area (Å²) in [6, 6.07) is -0.136. The lowest BCUT2D eigenvalue weighted by molar-refractivity contribution is 0.575. The molecule has 6 heteroatoms. The van der Waals surface area contributed by atoms with E-state index in [0.717, 1.165) is 41.1 Å². The van der Waals surface area contributed by atoms with Crippen LogP contribution in [0.3, 0.4) is 0 Å². The molecule has 0 fully saturated rings. The highest BCUT2D eigenvalue weighted by Crippen LogP contribution is 2.25. The molecule has 0 radical (unpaired) electrons. The molecular formula is C12H18BrN5. The van der Waals surface area contributed by atoms with E-state index < -0.39 is 0 Å². The van der Waals surface area contributed by atoms with Crippen molar-refractivity contribution in [1.29, 1.82) is 0 Å². The van der Waals surface area contributed by atoms with Gasteiger partial charge >= 0.3 is 0 Å². The summed E-state index contributed by atoms with van der Waals surface area (Å²) in [6.07, 6.45) is 5.14. The molecular weight excluding hydrogens is 294 g/mol. The van der Waals surface area contributed by atoms with E-state index in [-0.39, 0.29) is 6.04 Å². The van der Waals surface area contributed by atoms with Gasteiger partial charge in [-0.3, -0.25) is 4.68 Å². The van der Waals surface area contributed by atoms with Crippen LogP contribution >= 0.6 is 15.9 Å². The number of hydrogen-bond donors (Lipinski definition) is 2. The molecule has 0 aromatic carbocycles. The van der Waals surface area contributed by atoms with Crippen molar-refractivity contribution in [3.8, 4) is 0 Å². The van der Waals surface area contributed by atoms with Crippen molar-refractivity contribution in [2.45, 2.75) is 39.3 Å². The second-order valence-corrected chi connectivity index (χ2v) is 4.95. The van der Waals surface area contributed by atoms with Crippen LogP contribution in [-0.2, 0) is 19.4 Å². The van der Waals surface area contributed by atoms with Crippen molar-refractivity contribution in [3.63, 3.8) is 0 Å². The summed E-state index contributed by atoms with van der Waals surface area (Å²) in [4.78, 5) is 7.25. The van der Waals surface area contributed by atoms with Crippen molar-refractivity contribution in [1.82, 2.24) is 19.7 Å². The monoisotopic (exact) mass is 311 g/mol. The Hall–Kier alpha value is -1.14. The highest BCUT2D eigenvalue weighted by Gasteiger charge is 2.18. The molecule has 98 valence electrons. The molecule has 0 amide bonds. The zero-order valence-corrected chi connectivity index (χ0v) is 12.2. The maximum atomic E-state index is 6.16. The highest BCUT2D eigenvalue weighted by atomic mass is 79.9. The van der Waals surface area contributed by atoms with E-state index in [1.165, 1.54) is 0 Å². The van der Waals surface area contributed by atoms with Gasteiger partial charge < -0.3 is 10.7 Å². The average molecular weight is 312 g/mol. The summed E-state index contributed by atoms with van der Waals surface area (Å²) in [7, 11) is 0. The fourth-order valence-electron chi connectivity index (χ4n) is 2.00. The van der Waals surface area contributed by atoms with E-state index in [0.29, 0.717) is 0 Å². The van der Waals surface area contributed by atoms with Crippen LogP contribution in [0.25, 0.3) is 0 Å². The first-order chi connectivity index (χ1) is 8.67. The van der Waals surface area contributed by atoms with Gasteiger partial charge in [-0.2, -0.15) is 5.10 Å². The third-order valence-electron chi connectivity index (χ3n) is 2.98. The third kappa shape index (κ3) is 2.49. The minimum atomic E-state index is -0.136. The molecule has 18 heavy (non-hydrogen) atoms. The molecule has 1 unspecified atom stereocenters. The predicted octanol–water partition coefficient (Wildman–Crippen LogP) is 2.19. The van der Waals surface area contributed by atoms with Crippen LogP contribution in [0.5, 0.6) is 0 Å². The number of nitrogens with two attached hydrogens (primary N) is 1. The van der Waals surface area contributed by atoms with E-state index in [4.69, 9.17) is 5.73 Å². The summed E-state index contributed by atoms with van der Waals surface area (Å²) in [6.45, 7) is 5.03. The van der Waals surface area contributed by atoms with Crippen LogP contribution < -0.4 is 5.73 Å². The number of nitrogens with zero attached hydrogens (tertiary/aromatic N) is 3. The Morgan fingerprint density at radius 3 is 2.83 bits per heavy atom. The minimum absolute atomic E-state index is 0.136. The second kappa shape index (κ2) is 5.67. The van der Waals surface area contributed by atoms with Gasteiger partial charge in [0.25, 0.3) is 0 Å². The van der Waals surface area contributed by atoms with E-state index in [1.807, 2.05) is 4.68 Å². The van der Waals surface area contributed by atoms with Crippen LogP contribution in [0.4, 0.5) is 0 Å². The van der Waals surface area contributed by atoms with Crippen molar-refractivity contribution >= 4 is 15.9 Å². The van der Waals surface area contributed by atoms with Gasteiger partial charge in [-0.1, -0.05) is 6.92 Å². The molecule has 2 heterocycles. The topological polar surface area (TPSA) is 72.5 Å².